The summed E-state index contributed by atoms with van der Waals surface area (Å²) in [4.78, 5) is 12.7. The van der Waals surface area contributed by atoms with Gasteiger partial charge < -0.3 is 5.11 Å². The lowest BCUT2D eigenvalue weighted by Gasteiger charge is -2.16. The highest BCUT2D eigenvalue weighted by molar-refractivity contribution is 5.98. The van der Waals surface area contributed by atoms with Crippen molar-refractivity contribution in [2.75, 3.05) is 0 Å². The fraction of sp³-hybridized carbons (Fsp3) is 0.316. The lowest BCUT2D eigenvalue weighted by molar-refractivity contribution is 0.0911. The summed E-state index contributed by atoms with van der Waals surface area (Å²) in [7, 11) is 0. The van der Waals surface area contributed by atoms with Crippen LogP contribution in [-0.2, 0) is 6.42 Å². The molecule has 2 heteroatoms. The van der Waals surface area contributed by atoms with Crippen molar-refractivity contribution in [2.24, 2.45) is 5.92 Å². The zero-order chi connectivity index (χ0) is 15.1. The quantitative estimate of drug-likeness (QED) is 0.752. The van der Waals surface area contributed by atoms with Crippen LogP contribution in [0.4, 0.5) is 0 Å². The number of hydrogen-bond acceptors (Lipinski definition) is 2. The summed E-state index contributed by atoms with van der Waals surface area (Å²) in [5.41, 5.74) is 1.88. The van der Waals surface area contributed by atoms with Gasteiger partial charge >= 0.3 is 0 Å². The van der Waals surface area contributed by atoms with Gasteiger partial charge in [0.05, 0.1) is 0 Å². The SMILES string of the molecule is CCCCC(Cc1ccccc1)C(=O)c1ccc(O)cc1. The lowest BCUT2D eigenvalue weighted by Crippen LogP contribution is -2.17. The molecule has 0 saturated heterocycles. The maximum absolute atomic E-state index is 12.7. The minimum atomic E-state index is 0.0110. The largest absolute Gasteiger partial charge is 0.508 e. The molecule has 21 heavy (non-hydrogen) atoms. The van der Waals surface area contributed by atoms with Gasteiger partial charge in [0.1, 0.15) is 5.75 Å². The molecule has 0 aromatic heterocycles. The zero-order valence-electron chi connectivity index (χ0n) is 12.5. The van der Waals surface area contributed by atoms with Crippen molar-refractivity contribution in [1.29, 1.82) is 0 Å². The van der Waals surface area contributed by atoms with E-state index in [9.17, 15) is 9.90 Å². The van der Waals surface area contributed by atoms with Crippen molar-refractivity contribution in [3.63, 3.8) is 0 Å². The Hall–Kier alpha value is -2.09. The van der Waals surface area contributed by atoms with E-state index in [0.717, 1.165) is 25.7 Å². The van der Waals surface area contributed by atoms with Gasteiger partial charge in [0, 0.05) is 11.5 Å². The average molecular weight is 282 g/mol. The van der Waals surface area contributed by atoms with Crippen molar-refractivity contribution in [2.45, 2.75) is 32.6 Å². The molecule has 0 amide bonds. The highest BCUT2D eigenvalue weighted by Gasteiger charge is 2.20. The normalized spacial score (nSPS) is 12.0. The number of ketones is 1. The lowest BCUT2D eigenvalue weighted by atomic mass is 9.87. The van der Waals surface area contributed by atoms with E-state index in [1.165, 1.54) is 5.56 Å². The monoisotopic (exact) mass is 282 g/mol. The van der Waals surface area contributed by atoms with Crippen molar-refractivity contribution in [3.05, 3.63) is 65.7 Å². The second-order valence-electron chi connectivity index (χ2n) is 5.44. The number of phenolic OH excluding ortho intramolecular Hbond substituents is 1. The van der Waals surface area contributed by atoms with E-state index in [4.69, 9.17) is 0 Å². The summed E-state index contributed by atoms with van der Waals surface area (Å²) >= 11 is 0. The highest BCUT2D eigenvalue weighted by Crippen LogP contribution is 2.21. The molecular formula is C19H22O2. The zero-order valence-corrected chi connectivity index (χ0v) is 12.5. The van der Waals surface area contributed by atoms with Crippen LogP contribution in [0.2, 0.25) is 0 Å². The summed E-state index contributed by atoms with van der Waals surface area (Å²) in [6.45, 7) is 2.14. The van der Waals surface area contributed by atoms with Crippen LogP contribution < -0.4 is 0 Å². The average Bonchev–Trinajstić information content (AvgIpc) is 2.52. The molecule has 1 atom stereocenters. The van der Waals surface area contributed by atoms with Crippen molar-refractivity contribution in [1.82, 2.24) is 0 Å². The van der Waals surface area contributed by atoms with E-state index in [0.29, 0.717) is 5.56 Å². The van der Waals surface area contributed by atoms with E-state index in [2.05, 4.69) is 19.1 Å². The molecule has 110 valence electrons. The molecule has 2 rings (SSSR count). The fourth-order valence-corrected chi connectivity index (χ4v) is 2.54. The summed E-state index contributed by atoms with van der Waals surface area (Å²) < 4.78 is 0. The first-order valence-electron chi connectivity index (χ1n) is 7.58. The van der Waals surface area contributed by atoms with Crippen molar-refractivity contribution < 1.29 is 9.90 Å². The van der Waals surface area contributed by atoms with Crippen LogP contribution in [0.3, 0.4) is 0 Å². The molecule has 1 N–H and O–H groups in total. The maximum Gasteiger partial charge on any atom is 0.166 e. The number of aromatic hydroxyl groups is 1. The highest BCUT2D eigenvalue weighted by atomic mass is 16.3. The Morgan fingerprint density at radius 2 is 1.71 bits per heavy atom. The molecule has 0 heterocycles. The first-order valence-corrected chi connectivity index (χ1v) is 7.58. The molecule has 0 aliphatic carbocycles. The molecule has 0 spiro atoms. The number of unbranched alkanes of at least 4 members (excludes halogenated alkanes) is 1. The molecule has 0 radical (unpaired) electrons. The summed E-state index contributed by atoms with van der Waals surface area (Å²) in [6.07, 6.45) is 3.83. The van der Waals surface area contributed by atoms with Crippen LogP contribution in [0.1, 0.15) is 42.1 Å². The van der Waals surface area contributed by atoms with E-state index in [1.807, 2.05) is 18.2 Å². The topological polar surface area (TPSA) is 37.3 Å². The Kier molecular flexibility index (Phi) is 5.56. The Morgan fingerprint density at radius 3 is 2.33 bits per heavy atom. The Balaban J connectivity index is 2.14. The van der Waals surface area contributed by atoms with Crippen LogP contribution in [0, 0.1) is 5.92 Å². The van der Waals surface area contributed by atoms with E-state index >= 15 is 0 Å². The Bertz CT molecular complexity index is 558. The number of carbonyl (C=O) groups excluding carboxylic acids is 1. The van der Waals surface area contributed by atoms with Gasteiger partial charge in [-0.05, 0) is 42.7 Å². The van der Waals surface area contributed by atoms with Gasteiger partial charge in [-0.25, -0.2) is 0 Å². The van der Waals surface area contributed by atoms with E-state index < -0.39 is 0 Å². The van der Waals surface area contributed by atoms with Gasteiger partial charge in [0.25, 0.3) is 0 Å². The van der Waals surface area contributed by atoms with Gasteiger partial charge in [-0.3, -0.25) is 4.79 Å². The van der Waals surface area contributed by atoms with Gasteiger partial charge in [0.2, 0.25) is 0 Å². The standard InChI is InChI=1S/C19H22O2/c1-2-3-9-17(14-15-7-5-4-6-8-15)19(21)16-10-12-18(20)13-11-16/h4-8,10-13,17,20H,2-3,9,14H2,1H3. The smallest absolute Gasteiger partial charge is 0.166 e. The third-order valence-corrected chi connectivity index (χ3v) is 3.75. The predicted octanol–water partition coefficient (Wildman–Crippen LogP) is 4.62. The second-order valence-corrected chi connectivity index (χ2v) is 5.44. The number of hydrogen-bond donors (Lipinski definition) is 1. The number of carbonyl (C=O) groups is 1. The van der Waals surface area contributed by atoms with Gasteiger partial charge in [-0.15, -0.1) is 0 Å². The molecule has 0 aliphatic heterocycles. The number of Topliss-reactive ketones (excluding diaryl/α,β-unsaturated/α-hetero) is 1. The maximum atomic E-state index is 12.7. The van der Waals surface area contributed by atoms with Crippen LogP contribution in [0.25, 0.3) is 0 Å². The summed E-state index contributed by atoms with van der Waals surface area (Å²) in [5, 5.41) is 9.34. The minimum Gasteiger partial charge on any atom is -0.508 e. The first-order chi connectivity index (χ1) is 10.2. The Morgan fingerprint density at radius 1 is 1.05 bits per heavy atom. The number of rotatable bonds is 7. The second kappa shape index (κ2) is 7.63. The molecule has 1 unspecified atom stereocenters. The molecular weight excluding hydrogens is 260 g/mol. The first kappa shape index (κ1) is 15.3. The Labute approximate surface area is 126 Å². The van der Waals surface area contributed by atoms with Crippen LogP contribution >= 0.6 is 0 Å². The summed E-state index contributed by atoms with van der Waals surface area (Å²) in [6, 6.07) is 16.7. The van der Waals surface area contributed by atoms with Crippen LogP contribution in [-0.4, -0.2) is 10.9 Å². The molecule has 2 aromatic rings. The van der Waals surface area contributed by atoms with Crippen molar-refractivity contribution in [3.8, 4) is 5.75 Å². The predicted molar refractivity (Wildman–Crippen MR) is 85.6 cm³/mol. The third kappa shape index (κ3) is 4.45. The number of phenols is 1. The molecule has 0 bridgehead atoms. The van der Waals surface area contributed by atoms with E-state index in [1.54, 1.807) is 24.3 Å². The minimum absolute atomic E-state index is 0.0110. The number of benzene rings is 2. The fourth-order valence-electron chi connectivity index (χ4n) is 2.54. The third-order valence-electron chi connectivity index (χ3n) is 3.75. The van der Waals surface area contributed by atoms with Gasteiger partial charge in [-0.2, -0.15) is 0 Å². The molecule has 2 aromatic carbocycles. The van der Waals surface area contributed by atoms with Gasteiger partial charge in [0.15, 0.2) is 5.78 Å². The molecule has 0 fully saturated rings. The van der Waals surface area contributed by atoms with Crippen LogP contribution in [0.5, 0.6) is 5.75 Å². The molecule has 0 saturated carbocycles. The van der Waals surface area contributed by atoms with E-state index in [-0.39, 0.29) is 17.5 Å². The summed E-state index contributed by atoms with van der Waals surface area (Å²) in [5.74, 6) is 0.379. The van der Waals surface area contributed by atoms with Crippen LogP contribution in [0.15, 0.2) is 54.6 Å². The molecule has 2 nitrogen and oxygen atoms in total. The van der Waals surface area contributed by atoms with Gasteiger partial charge in [-0.1, -0.05) is 50.1 Å². The van der Waals surface area contributed by atoms with Crippen molar-refractivity contribution >= 4 is 5.78 Å². The molecule has 0 aliphatic rings.